The van der Waals surface area contributed by atoms with Crippen LogP contribution >= 0.6 is 0 Å². The molecule has 0 heterocycles. The van der Waals surface area contributed by atoms with Gasteiger partial charge in [-0.1, -0.05) is 24.3 Å². The monoisotopic (exact) mass is 363 g/mol. The molecule has 7 heteroatoms. The van der Waals surface area contributed by atoms with Crippen molar-refractivity contribution in [3.05, 3.63) is 66.5 Å². The molecule has 0 aliphatic rings. The molecule has 25 heavy (non-hydrogen) atoms. The van der Waals surface area contributed by atoms with Crippen molar-refractivity contribution in [2.45, 2.75) is 11.8 Å². The van der Waals surface area contributed by atoms with Crippen LogP contribution in [0.2, 0.25) is 0 Å². The summed E-state index contributed by atoms with van der Waals surface area (Å²) in [6.45, 7) is 4.76. The molecule has 0 fully saturated rings. The van der Waals surface area contributed by atoms with Crippen molar-refractivity contribution in [2.75, 3.05) is 17.7 Å². The van der Waals surface area contributed by atoms with Gasteiger partial charge < -0.3 is 10.1 Å². The molecule has 0 aromatic heterocycles. The first-order valence-electron chi connectivity index (χ1n) is 7.45. The number of ether oxygens (including phenoxy) is 1. The number of para-hydroxylation sites is 1. The topological polar surface area (TPSA) is 72.5 Å². The number of aryl methyl sites for hydroxylation is 1. The van der Waals surface area contributed by atoms with E-state index in [4.69, 9.17) is 4.74 Å². The van der Waals surface area contributed by atoms with E-state index in [9.17, 15) is 17.6 Å². The Bertz CT molecular complexity index is 894. The lowest BCUT2D eigenvalue weighted by Crippen LogP contribution is -2.21. The van der Waals surface area contributed by atoms with Gasteiger partial charge >= 0.3 is 0 Å². The standard InChI is InChI=1S/C18H18FNO4S/c1-3-10-25(22,23)14-9-8-13(2)16(11-14)20-18(21)12-24-17-7-5-4-6-15(17)19/h3-9,11H,1,10,12H2,2H3,(H,20,21). The van der Waals surface area contributed by atoms with Crippen molar-refractivity contribution in [1.29, 1.82) is 0 Å². The zero-order valence-corrected chi connectivity index (χ0v) is 14.5. The lowest BCUT2D eigenvalue weighted by molar-refractivity contribution is -0.118. The minimum atomic E-state index is -3.50. The van der Waals surface area contributed by atoms with Gasteiger partial charge in [-0.25, -0.2) is 12.8 Å². The van der Waals surface area contributed by atoms with Crippen LogP contribution in [0.15, 0.2) is 60.0 Å². The van der Waals surface area contributed by atoms with Crippen LogP contribution < -0.4 is 10.1 Å². The molecule has 5 nitrogen and oxygen atoms in total. The Balaban J connectivity index is 2.10. The Hall–Kier alpha value is -2.67. The maximum atomic E-state index is 13.5. The van der Waals surface area contributed by atoms with Crippen LogP contribution in [0.3, 0.4) is 0 Å². The maximum absolute atomic E-state index is 13.5. The zero-order valence-electron chi connectivity index (χ0n) is 13.7. The van der Waals surface area contributed by atoms with E-state index in [1.165, 1.54) is 36.4 Å². The molecule has 2 rings (SSSR count). The number of rotatable bonds is 7. The van der Waals surface area contributed by atoms with Gasteiger partial charge in [0.05, 0.1) is 10.6 Å². The van der Waals surface area contributed by atoms with Gasteiger partial charge in [-0.2, -0.15) is 0 Å². The number of amides is 1. The average Bonchev–Trinajstić information content (AvgIpc) is 2.56. The second-order valence-electron chi connectivity index (χ2n) is 5.31. The summed E-state index contributed by atoms with van der Waals surface area (Å²) in [6, 6.07) is 10.2. The fraction of sp³-hybridized carbons (Fsp3) is 0.167. The zero-order chi connectivity index (χ0) is 18.4. The quantitative estimate of drug-likeness (QED) is 0.767. The first kappa shape index (κ1) is 18.7. The van der Waals surface area contributed by atoms with E-state index in [2.05, 4.69) is 11.9 Å². The van der Waals surface area contributed by atoms with Crippen LogP contribution in [0.4, 0.5) is 10.1 Å². The molecule has 0 saturated heterocycles. The molecule has 0 aliphatic carbocycles. The molecule has 2 aromatic carbocycles. The normalized spacial score (nSPS) is 11.0. The third kappa shape index (κ3) is 4.90. The summed E-state index contributed by atoms with van der Waals surface area (Å²) in [4.78, 5) is 12.1. The number of anilines is 1. The van der Waals surface area contributed by atoms with E-state index in [0.29, 0.717) is 11.3 Å². The Morgan fingerprint density at radius 3 is 2.68 bits per heavy atom. The van der Waals surface area contributed by atoms with Crippen LogP contribution in [0.1, 0.15) is 5.56 Å². The summed E-state index contributed by atoms with van der Waals surface area (Å²) in [6.07, 6.45) is 1.30. The summed E-state index contributed by atoms with van der Waals surface area (Å²) in [5.41, 5.74) is 1.05. The first-order valence-corrected chi connectivity index (χ1v) is 9.10. The van der Waals surface area contributed by atoms with Gasteiger partial charge in [-0.3, -0.25) is 4.79 Å². The van der Waals surface area contributed by atoms with Crippen LogP contribution in [-0.2, 0) is 14.6 Å². The predicted octanol–water partition coefficient (Wildman–Crippen LogP) is 3.11. The van der Waals surface area contributed by atoms with Gasteiger partial charge in [0.1, 0.15) is 0 Å². The van der Waals surface area contributed by atoms with E-state index in [1.54, 1.807) is 19.1 Å². The molecule has 1 N–H and O–H groups in total. The largest absolute Gasteiger partial charge is 0.481 e. The number of nitrogens with one attached hydrogen (secondary N) is 1. The lowest BCUT2D eigenvalue weighted by Gasteiger charge is -2.11. The maximum Gasteiger partial charge on any atom is 0.262 e. The molecule has 0 atom stereocenters. The number of benzene rings is 2. The lowest BCUT2D eigenvalue weighted by atomic mass is 10.2. The van der Waals surface area contributed by atoms with Crippen LogP contribution in [0.5, 0.6) is 5.75 Å². The number of hydrogen-bond donors (Lipinski definition) is 1. The van der Waals surface area contributed by atoms with Gasteiger partial charge in [0, 0.05) is 5.69 Å². The fourth-order valence-electron chi connectivity index (χ4n) is 2.07. The van der Waals surface area contributed by atoms with Gasteiger partial charge in [-0.15, -0.1) is 6.58 Å². The molecule has 0 radical (unpaired) electrons. The predicted molar refractivity (Wildman–Crippen MR) is 94.0 cm³/mol. The third-order valence-corrected chi connectivity index (χ3v) is 5.02. The molecule has 0 saturated carbocycles. The van der Waals surface area contributed by atoms with Gasteiger partial charge in [-0.05, 0) is 36.8 Å². The van der Waals surface area contributed by atoms with Gasteiger partial charge in [0.15, 0.2) is 28.0 Å². The van der Waals surface area contributed by atoms with Crippen molar-refractivity contribution < 1.29 is 22.3 Å². The Labute approximate surface area is 146 Å². The second kappa shape index (κ2) is 7.94. The van der Waals surface area contributed by atoms with E-state index in [-0.39, 0.29) is 16.4 Å². The summed E-state index contributed by atoms with van der Waals surface area (Å²) in [7, 11) is -3.50. The number of carbonyl (C=O) groups is 1. The van der Waals surface area contributed by atoms with Crippen molar-refractivity contribution in [3.63, 3.8) is 0 Å². The van der Waals surface area contributed by atoms with Crippen LogP contribution in [-0.4, -0.2) is 26.7 Å². The van der Waals surface area contributed by atoms with Gasteiger partial charge in [0.25, 0.3) is 5.91 Å². The second-order valence-corrected chi connectivity index (χ2v) is 7.35. The Morgan fingerprint density at radius 2 is 2.00 bits per heavy atom. The van der Waals surface area contributed by atoms with Crippen molar-refractivity contribution >= 4 is 21.4 Å². The van der Waals surface area contributed by atoms with Gasteiger partial charge in [0.2, 0.25) is 0 Å². The van der Waals surface area contributed by atoms with E-state index >= 15 is 0 Å². The highest BCUT2D eigenvalue weighted by molar-refractivity contribution is 7.91. The van der Waals surface area contributed by atoms with Crippen LogP contribution in [0.25, 0.3) is 0 Å². The highest BCUT2D eigenvalue weighted by Gasteiger charge is 2.15. The Kier molecular flexibility index (Phi) is 5.93. The number of carbonyl (C=O) groups excluding carboxylic acids is 1. The number of halogens is 1. The van der Waals surface area contributed by atoms with Crippen molar-refractivity contribution in [2.24, 2.45) is 0 Å². The number of sulfone groups is 1. The molecular formula is C18H18FNO4S. The fourth-order valence-corrected chi connectivity index (χ4v) is 3.15. The molecular weight excluding hydrogens is 345 g/mol. The minimum Gasteiger partial charge on any atom is -0.481 e. The summed E-state index contributed by atoms with van der Waals surface area (Å²) >= 11 is 0. The summed E-state index contributed by atoms with van der Waals surface area (Å²) in [5, 5.41) is 2.58. The molecule has 0 spiro atoms. The van der Waals surface area contributed by atoms with Crippen molar-refractivity contribution in [3.8, 4) is 5.75 Å². The minimum absolute atomic E-state index is 0.0308. The SMILES string of the molecule is C=CCS(=O)(=O)c1ccc(C)c(NC(=O)COc2ccccc2F)c1. The molecule has 2 aromatic rings. The summed E-state index contributed by atoms with van der Waals surface area (Å²) in [5.74, 6) is -1.31. The van der Waals surface area contributed by atoms with Crippen LogP contribution in [0, 0.1) is 12.7 Å². The third-order valence-electron chi connectivity index (χ3n) is 3.37. The Morgan fingerprint density at radius 1 is 1.28 bits per heavy atom. The molecule has 132 valence electrons. The van der Waals surface area contributed by atoms with Crippen molar-refractivity contribution in [1.82, 2.24) is 0 Å². The molecule has 0 bridgehead atoms. The molecule has 1 amide bonds. The highest BCUT2D eigenvalue weighted by atomic mass is 32.2. The van der Waals surface area contributed by atoms with E-state index in [1.807, 2.05) is 0 Å². The molecule has 0 aliphatic heterocycles. The first-order chi connectivity index (χ1) is 11.8. The highest BCUT2D eigenvalue weighted by Crippen LogP contribution is 2.21. The molecule has 0 unspecified atom stereocenters. The number of hydrogen-bond acceptors (Lipinski definition) is 4. The smallest absolute Gasteiger partial charge is 0.262 e. The average molecular weight is 363 g/mol. The van der Waals surface area contributed by atoms with E-state index in [0.717, 1.165) is 0 Å². The summed E-state index contributed by atoms with van der Waals surface area (Å²) < 4.78 is 42.7. The van der Waals surface area contributed by atoms with E-state index < -0.39 is 28.2 Å².